The highest BCUT2D eigenvalue weighted by Gasteiger charge is 2.07. The van der Waals surface area contributed by atoms with Crippen LogP contribution in [0, 0.1) is 0 Å². The molecule has 76 valence electrons. The average molecular weight is 206 g/mol. The average Bonchev–Trinajstić information content (AvgIpc) is 2.73. The molecule has 1 aromatic carbocycles. The van der Waals surface area contributed by atoms with E-state index >= 15 is 0 Å². The summed E-state index contributed by atoms with van der Waals surface area (Å²) in [5.41, 5.74) is 4.67. The summed E-state index contributed by atoms with van der Waals surface area (Å²) in [5, 5.41) is 1.22. The second-order valence-electron chi connectivity index (χ2n) is 3.92. The van der Waals surface area contributed by atoms with Crippen LogP contribution in [0.25, 0.3) is 22.2 Å². The summed E-state index contributed by atoms with van der Waals surface area (Å²) >= 11 is 0. The predicted octanol–water partition coefficient (Wildman–Crippen LogP) is 1.49. The molecule has 1 N–H and O–H groups in total. The first-order chi connectivity index (χ1) is 7.86. The number of rotatable bonds is 1. The van der Waals surface area contributed by atoms with E-state index in [9.17, 15) is 0 Å². The zero-order chi connectivity index (χ0) is 11.0. The van der Waals surface area contributed by atoms with Gasteiger partial charge in [-0.3, -0.25) is 0 Å². The van der Waals surface area contributed by atoms with Crippen LogP contribution in [-0.2, 0) is 0 Å². The Morgan fingerprint density at radius 3 is 2.69 bits per heavy atom. The first-order valence-electron chi connectivity index (χ1n) is 5.34. The van der Waals surface area contributed by atoms with Gasteiger partial charge in [0.15, 0.2) is 0 Å². The van der Waals surface area contributed by atoms with Crippen LogP contribution in [0.1, 0.15) is 0 Å². The molecule has 0 saturated carbocycles. The number of hydrogen-bond acceptors (Lipinski definition) is 1. The zero-order valence-electron chi connectivity index (χ0n) is 9.07. The van der Waals surface area contributed by atoms with E-state index in [1.807, 2.05) is 18.5 Å². The van der Waals surface area contributed by atoms with Crippen molar-refractivity contribution in [3.05, 3.63) is 48.8 Å². The summed E-state index contributed by atoms with van der Waals surface area (Å²) in [6.45, 7) is 0. The van der Waals surface area contributed by atoms with E-state index in [1.165, 1.54) is 22.0 Å². The van der Waals surface area contributed by atoms with E-state index in [-0.39, 0.29) is 0 Å². The molecule has 0 spiro atoms. The van der Waals surface area contributed by atoms with Crippen molar-refractivity contribution in [3.8, 4) is 11.1 Å². The summed E-state index contributed by atoms with van der Waals surface area (Å²) in [4.78, 5) is 7.52. The number of pyridine rings is 1. The summed E-state index contributed by atoms with van der Waals surface area (Å²) in [5.74, 6) is 0. The number of nitrogens with one attached hydrogen (secondary N) is 1. The smallest absolute Gasteiger partial charge is 0.142 e. The third-order valence-corrected chi connectivity index (χ3v) is 2.86. The summed E-state index contributed by atoms with van der Waals surface area (Å²) in [6.07, 6.45) is 3.85. The molecule has 3 heteroatoms. The van der Waals surface area contributed by atoms with Gasteiger partial charge in [0.05, 0.1) is 0 Å². The fourth-order valence-electron chi connectivity index (χ4n) is 2.08. The van der Waals surface area contributed by atoms with Crippen LogP contribution in [0.3, 0.4) is 0 Å². The SMILES string of the molecule is Bc1c[nH]c2nccc(-c3ccccc3)c12. The van der Waals surface area contributed by atoms with Crippen molar-refractivity contribution in [2.75, 3.05) is 0 Å². The molecule has 0 aliphatic rings. The highest BCUT2D eigenvalue weighted by atomic mass is 14.8. The lowest BCUT2D eigenvalue weighted by atomic mass is 9.92. The van der Waals surface area contributed by atoms with Crippen LogP contribution in [-0.4, -0.2) is 17.8 Å². The van der Waals surface area contributed by atoms with Crippen LogP contribution in [0.2, 0.25) is 0 Å². The third kappa shape index (κ3) is 1.33. The molecule has 3 aromatic rings. The van der Waals surface area contributed by atoms with Gasteiger partial charge in [0.25, 0.3) is 0 Å². The van der Waals surface area contributed by atoms with Crippen LogP contribution in [0.4, 0.5) is 0 Å². The lowest BCUT2D eigenvalue weighted by molar-refractivity contribution is 1.33. The number of hydrogen-bond donors (Lipinski definition) is 1. The van der Waals surface area contributed by atoms with Crippen LogP contribution < -0.4 is 5.46 Å². The van der Waals surface area contributed by atoms with Crippen molar-refractivity contribution in [1.82, 2.24) is 9.97 Å². The van der Waals surface area contributed by atoms with E-state index < -0.39 is 0 Å². The molecule has 0 aliphatic heterocycles. The van der Waals surface area contributed by atoms with Crippen molar-refractivity contribution in [3.63, 3.8) is 0 Å². The topological polar surface area (TPSA) is 28.7 Å². The second-order valence-corrected chi connectivity index (χ2v) is 3.92. The van der Waals surface area contributed by atoms with E-state index in [0.29, 0.717) is 0 Å². The van der Waals surface area contributed by atoms with Crippen molar-refractivity contribution in [2.24, 2.45) is 0 Å². The van der Waals surface area contributed by atoms with Gasteiger partial charge < -0.3 is 4.98 Å². The molecule has 0 saturated heterocycles. The van der Waals surface area contributed by atoms with Gasteiger partial charge in [-0.15, -0.1) is 0 Å². The Labute approximate surface area is 94.8 Å². The predicted molar refractivity (Wildman–Crippen MR) is 69.7 cm³/mol. The normalized spacial score (nSPS) is 10.8. The van der Waals surface area contributed by atoms with Crippen LogP contribution in [0.15, 0.2) is 48.8 Å². The first kappa shape index (κ1) is 9.22. The van der Waals surface area contributed by atoms with Gasteiger partial charge in [-0.25, -0.2) is 4.98 Å². The molecule has 0 amide bonds. The van der Waals surface area contributed by atoms with Gasteiger partial charge in [-0.05, 0) is 23.4 Å². The molecule has 0 atom stereocenters. The molecule has 0 bridgehead atoms. The third-order valence-electron chi connectivity index (χ3n) is 2.86. The Morgan fingerprint density at radius 1 is 1.06 bits per heavy atom. The van der Waals surface area contributed by atoms with Crippen molar-refractivity contribution >= 4 is 24.3 Å². The molecule has 2 nitrogen and oxygen atoms in total. The highest BCUT2D eigenvalue weighted by molar-refractivity contribution is 6.40. The summed E-state index contributed by atoms with van der Waals surface area (Å²) in [7, 11) is 2.10. The Kier molecular flexibility index (Phi) is 2.03. The van der Waals surface area contributed by atoms with Gasteiger partial charge >= 0.3 is 0 Å². The molecule has 2 aromatic heterocycles. The van der Waals surface area contributed by atoms with Gasteiger partial charge in [0, 0.05) is 11.6 Å². The standard InChI is InChI=1S/C13H11BN2/c14-11-8-16-13-12(11)10(6-7-15-13)9-4-2-1-3-5-9/h1-8H,14H2,(H,15,16). The second kappa shape index (κ2) is 3.52. The van der Waals surface area contributed by atoms with E-state index in [2.05, 4.69) is 48.1 Å². The highest BCUT2D eigenvalue weighted by Crippen LogP contribution is 2.24. The minimum absolute atomic E-state index is 0.957. The number of H-pyrrole nitrogens is 1. The monoisotopic (exact) mass is 206 g/mol. The number of aromatic amines is 1. The molecular weight excluding hydrogens is 195 g/mol. The number of fused-ring (bicyclic) bond motifs is 1. The van der Waals surface area contributed by atoms with Gasteiger partial charge in [0.2, 0.25) is 0 Å². The first-order valence-corrected chi connectivity index (χ1v) is 5.34. The summed E-state index contributed by atoms with van der Waals surface area (Å²) < 4.78 is 0. The lowest BCUT2D eigenvalue weighted by Crippen LogP contribution is -1.99. The number of nitrogens with zero attached hydrogens (tertiary/aromatic N) is 1. The molecule has 0 aliphatic carbocycles. The van der Waals surface area contributed by atoms with E-state index in [4.69, 9.17) is 0 Å². The minimum atomic E-state index is 0.957. The molecule has 0 unspecified atom stereocenters. The fraction of sp³-hybridized carbons (Fsp3) is 0. The number of aromatic nitrogens is 2. The Morgan fingerprint density at radius 2 is 1.88 bits per heavy atom. The maximum Gasteiger partial charge on any atom is 0.142 e. The van der Waals surface area contributed by atoms with Crippen molar-refractivity contribution < 1.29 is 0 Å². The molecule has 2 heterocycles. The molecule has 0 radical (unpaired) electrons. The van der Waals surface area contributed by atoms with E-state index in [0.717, 1.165) is 5.65 Å². The van der Waals surface area contributed by atoms with Crippen molar-refractivity contribution in [1.29, 1.82) is 0 Å². The fourth-order valence-corrected chi connectivity index (χ4v) is 2.08. The lowest BCUT2D eigenvalue weighted by Gasteiger charge is -2.03. The molecule has 0 fully saturated rings. The Hall–Kier alpha value is -2.03. The van der Waals surface area contributed by atoms with E-state index in [1.54, 1.807) is 0 Å². The largest absolute Gasteiger partial charge is 0.347 e. The minimum Gasteiger partial charge on any atom is -0.347 e. The Balaban J connectivity index is 2.36. The molecule has 16 heavy (non-hydrogen) atoms. The van der Waals surface area contributed by atoms with Gasteiger partial charge in [-0.2, -0.15) is 0 Å². The van der Waals surface area contributed by atoms with Gasteiger partial charge in [0.1, 0.15) is 13.5 Å². The molecular formula is C13H11BN2. The number of benzene rings is 1. The van der Waals surface area contributed by atoms with Crippen LogP contribution >= 0.6 is 0 Å². The maximum absolute atomic E-state index is 4.33. The summed E-state index contributed by atoms with van der Waals surface area (Å²) in [6, 6.07) is 12.5. The van der Waals surface area contributed by atoms with Crippen molar-refractivity contribution in [2.45, 2.75) is 0 Å². The molecule has 3 rings (SSSR count). The zero-order valence-corrected chi connectivity index (χ0v) is 9.07. The van der Waals surface area contributed by atoms with Gasteiger partial charge in [-0.1, -0.05) is 35.8 Å². The maximum atomic E-state index is 4.33. The quantitative estimate of drug-likeness (QED) is 0.600. The Bertz CT molecular complexity index is 629. The van der Waals surface area contributed by atoms with Crippen LogP contribution in [0.5, 0.6) is 0 Å².